The van der Waals surface area contributed by atoms with Crippen LogP contribution in [0.5, 0.6) is 0 Å². The molecule has 0 aliphatic carbocycles. The fourth-order valence-corrected chi connectivity index (χ4v) is 3.07. The third-order valence-electron chi connectivity index (χ3n) is 4.11. The zero-order valence-corrected chi connectivity index (χ0v) is 12.8. The highest BCUT2D eigenvalue weighted by Crippen LogP contribution is 2.30. The third-order valence-corrected chi connectivity index (χ3v) is 4.11. The molecule has 108 valence electrons. The molecule has 0 aliphatic heterocycles. The standard InChI is InChI=1S/C20H18N2/c1-14(2)20-21-19-17-11-7-6-8-15(17)12-13-18(19)22(20)16-9-4-3-5-10-16/h3-14H,1-2H3. The van der Waals surface area contributed by atoms with E-state index in [0.29, 0.717) is 5.92 Å². The lowest BCUT2D eigenvalue weighted by Gasteiger charge is -2.11. The lowest BCUT2D eigenvalue weighted by Crippen LogP contribution is -2.02. The number of aromatic nitrogens is 2. The highest BCUT2D eigenvalue weighted by Gasteiger charge is 2.16. The Labute approximate surface area is 130 Å². The fraction of sp³-hybridized carbons (Fsp3) is 0.150. The smallest absolute Gasteiger partial charge is 0.117 e. The van der Waals surface area contributed by atoms with Gasteiger partial charge in [-0.15, -0.1) is 0 Å². The molecule has 2 heteroatoms. The van der Waals surface area contributed by atoms with E-state index in [2.05, 4.69) is 79.1 Å². The summed E-state index contributed by atoms with van der Waals surface area (Å²) in [6.45, 7) is 4.39. The van der Waals surface area contributed by atoms with Crippen LogP contribution in [0.4, 0.5) is 0 Å². The van der Waals surface area contributed by atoms with Gasteiger partial charge in [-0.3, -0.25) is 4.57 Å². The maximum atomic E-state index is 4.98. The number of imidazole rings is 1. The van der Waals surface area contributed by atoms with Crippen LogP contribution < -0.4 is 0 Å². The second-order valence-corrected chi connectivity index (χ2v) is 5.95. The summed E-state index contributed by atoms with van der Waals surface area (Å²) in [5, 5.41) is 2.46. The van der Waals surface area contributed by atoms with Crippen LogP contribution in [0.1, 0.15) is 25.6 Å². The van der Waals surface area contributed by atoms with Crippen molar-refractivity contribution in [3.8, 4) is 5.69 Å². The highest BCUT2D eigenvalue weighted by atomic mass is 15.1. The van der Waals surface area contributed by atoms with E-state index < -0.39 is 0 Å². The lowest BCUT2D eigenvalue weighted by atomic mass is 10.1. The van der Waals surface area contributed by atoms with Gasteiger partial charge in [0.2, 0.25) is 0 Å². The molecular formula is C20H18N2. The molecule has 3 aromatic carbocycles. The summed E-state index contributed by atoms with van der Waals surface area (Å²) in [5.74, 6) is 1.48. The number of hydrogen-bond donors (Lipinski definition) is 0. The topological polar surface area (TPSA) is 17.8 Å². The summed E-state index contributed by atoms with van der Waals surface area (Å²) in [5.41, 5.74) is 3.43. The average molecular weight is 286 g/mol. The molecule has 0 spiro atoms. The van der Waals surface area contributed by atoms with Gasteiger partial charge in [-0.2, -0.15) is 0 Å². The zero-order chi connectivity index (χ0) is 15.1. The third kappa shape index (κ3) is 1.92. The van der Waals surface area contributed by atoms with Crippen molar-refractivity contribution in [2.45, 2.75) is 19.8 Å². The highest BCUT2D eigenvalue weighted by molar-refractivity contribution is 6.04. The van der Waals surface area contributed by atoms with E-state index in [9.17, 15) is 0 Å². The molecule has 4 aromatic rings. The van der Waals surface area contributed by atoms with Crippen molar-refractivity contribution in [3.05, 3.63) is 72.6 Å². The molecular weight excluding hydrogens is 268 g/mol. The number of hydrogen-bond acceptors (Lipinski definition) is 1. The Kier molecular flexibility index (Phi) is 2.97. The normalized spacial score (nSPS) is 11.6. The Hall–Kier alpha value is -2.61. The van der Waals surface area contributed by atoms with E-state index >= 15 is 0 Å². The van der Waals surface area contributed by atoms with Crippen molar-refractivity contribution >= 4 is 21.8 Å². The number of para-hydroxylation sites is 1. The SMILES string of the molecule is CC(C)c1nc2c3ccccc3ccc2n1-c1ccccc1. The van der Waals surface area contributed by atoms with Gasteiger partial charge in [0.1, 0.15) is 5.82 Å². The lowest BCUT2D eigenvalue weighted by molar-refractivity contribution is 0.760. The van der Waals surface area contributed by atoms with Crippen molar-refractivity contribution in [3.63, 3.8) is 0 Å². The Bertz CT molecular complexity index is 949. The largest absolute Gasteiger partial charge is 0.296 e. The van der Waals surface area contributed by atoms with E-state index in [0.717, 1.165) is 11.3 Å². The fourth-order valence-electron chi connectivity index (χ4n) is 3.07. The first-order valence-corrected chi connectivity index (χ1v) is 7.71. The van der Waals surface area contributed by atoms with Crippen molar-refractivity contribution in [1.29, 1.82) is 0 Å². The zero-order valence-electron chi connectivity index (χ0n) is 12.8. The maximum absolute atomic E-state index is 4.98. The Morgan fingerprint density at radius 1 is 0.818 bits per heavy atom. The van der Waals surface area contributed by atoms with E-state index in [4.69, 9.17) is 4.98 Å². The molecule has 0 aliphatic rings. The molecule has 0 atom stereocenters. The van der Waals surface area contributed by atoms with Gasteiger partial charge in [-0.1, -0.05) is 62.4 Å². The first kappa shape index (κ1) is 13.1. The monoisotopic (exact) mass is 286 g/mol. The molecule has 0 saturated carbocycles. The molecule has 0 unspecified atom stereocenters. The molecule has 4 rings (SSSR count). The molecule has 0 bridgehead atoms. The number of rotatable bonds is 2. The van der Waals surface area contributed by atoms with Crippen LogP contribution in [-0.4, -0.2) is 9.55 Å². The van der Waals surface area contributed by atoms with Gasteiger partial charge < -0.3 is 0 Å². The maximum Gasteiger partial charge on any atom is 0.117 e. The summed E-state index contributed by atoms with van der Waals surface area (Å²) in [4.78, 5) is 4.98. The van der Waals surface area contributed by atoms with Gasteiger partial charge in [0, 0.05) is 17.0 Å². The molecule has 1 aromatic heterocycles. The van der Waals surface area contributed by atoms with Crippen molar-refractivity contribution in [2.75, 3.05) is 0 Å². The number of benzene rings is 3. The summed E-state index contributed by atoms with van der Waals surface area (Å²) in [6, 6.07) is 23.3. The minimum absolute atomic E-state index is 0.367. The van der Waals surface area contributed by atoms with Crippen molar-refractivity contribution < 1.29 is 0 Å². The number of fused-ring (bicyclic) bond motifs is 3. The Morgan fingerprint density at radius 2 is 1.55 bits per heavy atom. The van der Waals surface area contributed by atoms with Gasteiger partial charge >= 0.3 is 0 Å². The minimum atomic E-state index is 0.367. The summed E-state index contributed by atoms with van der Waals surface area (Å²) in [7, 11) is 0. The summed E-state index contributed by atoms with van der Waals surface area (Å²) in [6.07, 6.45) is 0. The van der Waals surface area contributed by atoms with E-state index in [1.165, 1.54) is 22.0 Å². The minimum Gasteiger partial charge on any atom is -0.296 e. The average Bonchev–Trinajstić information content (AvgIpc) is 2.96. The molecule has 1 heterocycles. The van der Waals surface area contributed by atoms with Crippen LogP contribution in [-0.2, 0) is 0 Å². The predicted octanol–water partition coefficient (Wildman–Crippen LogP) is 5.30. The quantitative estimate of drug-likeness (QED) is 0.489. The van der Waals surface area contributed by atoms with Crippen molar-refractivity contribution in [1.82, 2.24) is 9.55 Å². The van der Waals surface area contributed by atoms with Gasteiger partial charge in [0.25, 0.3) is 0 Å². The van der Waals surface area contributed by atoms with Gasteiger partial charge in [0.15, 0.2) is 0 Å². The van der Waals surface area contributed by atoms with Gasteiger partial charge in [-0.25, -0.2) is 4.98 Å². The molecule has 2 nitrogen and oxygen atoms in total. The van der Waals surface area contributed by atoms with Crippen LogP contribution in [0.25, 0.3) is 27.5 Å². The van der Waals surface area contributed by atoms with Crippen LogP contribution >= 0.6 is 0 Å². The summed E-state index contributed by atoms with van der Waals surface area (Å²) >= 11 is 0. The second-order valence-electron chi connectivity index (χ2n) is 5.95. The van der Waals surface area contributed by atoms with E-state index in [1.54, 1.807) is 0 Å². The van der Waals surface area contributed by atoms with E-state index in [1.807, 2.05) is 6.07 Å². The first-order valence-electron chi connectivity index (χ1n) is 7.71. The number of nitrogens with zero attached hydrogens (tertiary/aromatic N) is 2. The predicted molar refractivity (Wildman–Crippen MR) is 92.7 cm³/mol. The molecule has 0 saturated heterocycles. The van der Waals surface area contributed by atoms with Crippen LogP contribution in [0.3, 0.4) is 0 Å². The summed E-state index contributed by atoms with van der Waals surface area (Å²) < 4.78 is 2.28. The molecule has 0 radical (unpaired) electrons. The molecule has 0 N–H and O–H groups in total. The second kappa shape index (κ2) is 4.99. The Balaban J connectivity index is 2.14. The van der Waals surface area contributed by atoms with Crippen LogP contribution in [0.2, 0.25) is 0 Å². The van der Waals surface area contributed by atoms with Gasteiger partial charge in [-0.05, 0) is 23.6 Å². The molecule has 0 amide bonds. The molecule has 0 fully saturated rings. The van der Waals surface area contributed by atoms with E-state index in [-0.39, 0.29) is 0 Å². The Morgan fingerprint density at radius 3 is 2.32 bits per heavy atom. The molecule has 22 heavy (non-hydrogen) atoms. The van der Waals surface area contributed by atoms with Crippen LogP contribution in [0, 0.1) is 0 Å². The van der Waals surface area contributed by atoms with Gasteiger partial charge in [0.05, 0.1) is 11.0 Å². The van der Waals surface area contributed by atoms with Crippen LogP contribution in [0.15, 0.2) is 66.7 Å². The first-order chi connectivity index (χ1) is 10.8. The van der Waals surface area contributed by atoms with Crippen molar-refractivity contribution in [2.24, 2.45) is 0 Å².